The van der Waals surface area contributed by atoms with Gasteiger partial charge in [-0.3, -0.25) is 9.69 Å². The SMILES string of the molecule is Cc1ccsc1CNc1ccccc1C(=O)NCCN1CCOCC1. The van der Waals surface area contributed by atoms with E-state index in [1.165, 1.54) is 10.4 Å². The number of para-hydroxylation sites is 1. The van der Waals surface area contributed by atoms with Crippen LogP contribution in [-0.4, -0.2) is 50.2 Å². The molecule has 134 valence electrons. The number of thiophene rings is 1. The van der Waals surface area contributed by atoms with Crippen molar-refractivity contribution in [1.29, 1.82) is 0 Å². The molecule has 3 rings (SSSR count). The molecule has 1 amide bonds. The number of benzene rings is 1. The molecule has 2 aromatic rings. The molecule has 0 aliphatic carbocycles. The quantitative estimate of drug-likeness (QED) is 0.798. The van der Waals surface area contributed by atoms with Crippen LogP contribution in [0.3, 0.4) is 0 Å². The molecule has 0 spiro atoms. The van der Waals surface area contributed by atoms with E-state index in [9.17, 15) is 4.79 Å². The highest BCUT2D eigenvalue weighted by molar-refractivity contribution is 7.10. The number of hydrogen-bond donors (Lipinski definition) is 2. The molecule has 1 aliphatic heterocycles. The van der Waals surface area contributed by atoms with Crippen LogP contribution in [0.4, 0.5) is 5.69 Å². The van der Waals surface area contributed by atoms with Gasteiger partial charge in [-0.25, -0.2) is 0 Å². The number of ether oxygens (including phenoxy) is 1. The van der Waals surface area contributed by atoms with Gasteiger partial charge in [0.15, 0.2) is 0 Å². The van der Waals surface area contributed by atoms with E-state index in [0.29, 0.717) is 12.1 Å². The lowest BCUT2D eigenvalue weighted by atomic mass is 10.1. The maximum atomic E-state index is 12.5. The summed E-state index contributed by atoms with van der Waals surface area (Å²) >= 11 is 1.73. The Labute approximate surface area is 153 Å². The van der Waals surface area contributed by atoms with Crippen molar-refractivity contribution in [2.24, 2.45) is 0 Å². The van der Waals surface area contributed by atoms with Crippen molar-refractivity contribution in [3.63, 3.8) is 0 Å². The highest BCUT2D eigenvalue weighted by atomic mass is 32.1. The van der Waals surface area contributed by atoms with Crippen LogP contribution in [0.25, 0.3) is 0 Å². The number of rotatable bonds is 7. The third kappa shape index (κ3) is 5.04. The molecule has 1 fully saturated rings. The number of anilines is 1. The van der Waals surface area contributed by atoms with E-state index in [1.54, 1.807) is 11.3 Å². The first-order chi connectivity index (χ1) is 12.2. The van der Waals surface area contributed by atoms with Gasteiger partial charge in [-0.05, 0) is 36.1 Å². The number of nitrogens with zero attached hydrogens (tertiary/aromatic N) is 1. The minimum atomic E-state index is -0.0285. The molecule has 0 bridgehead atoms. The number of morpholine rings is 1. The number of hydrogen-bond acceptors (Lipinski definition) is 5. The first kappa shape index (κ1) is 17.9. The summed E-state index contributed by atoms with van der Waals surface area (Å²) < 4.78 is 5.34. The first-order valence-electron chi connectivity index (χ1n) is 8.68. The monoisotopic (exact) mass is 359 g/mol. The predicted octanol–water partition coefficient (Wildman–Crippen LogP) is 2.73. The molecule has 2 N–H and O–H groups in total. The Morgan fingerprint density at radius 2 is 2.04 bits per heavy atom. The molecule has 1 aromatic heterocycles. The molecule has 2 heterocycles. The number of amides is 1. The standard InChI is InChI=1S/C19H25N3O2S/c1-15-6-13-25-18(15)14-21-17-5-3-2-4-16(17)19(23)20-7-8-22-9-11-24-12-10-22/h2-6,13,21H,7-12,14H2,1H3,(H,20,23). The van der Waals surface area contributed by atoms with E-state index in [-0.39, 0.29) is 5.91 Å². The van der Waals surface area contributed by atoms with Crippen LogP contribution in [0.5, 0.6) is 0 Å². The first-order valence-corrected chi connectivity index (χ1v) is 9.56. The van der Waals surface area contributed by atoms with Crippen LogP contribution in [0, 0.1) is 6.92 Å². The van der Waals surface area contributed by atoms with Gasteiger partial charge in [0.25, 0.3) is 5.91 Å². The molecule has 0 saturated carbocycles. The molecule has 0 atom stereocenters. The van der Waals surface area contributed by atoms with Gasteiger partial charge in [-0.2, -0.15) is 0 Å². The smallest absolute Gasteiger partial charge is 0.253 e. The Morgan fingerprint density at radius 1 is 1.24 bits per heavy atom. The molecule has 5 nitrogen and oxygen atoms in total. The topological polar surface area (TPSA) is 53.6 Å². The zero-order valence-corrected chi connectivity index (χ0v) is 15.4. The predicted molar refractivity (Wildman–Crippen MR) is 102 cm³/mol. The van der Waals surface area contributed by atoms with Crippen molar-refractivity contribution in [3.8, 4) is 0 Å². The summed E-state index contributed by atoms with van der Waals surface area (Å²) in [7, 11) is 0. The maximum absolute atomic E-state index is 12.5. The van der Waals surface area contributed by atoms with Gasteiger partial charge in [-0.15, -0.1) is 11.3 Å². The number of carbonyl (C=O) groups is 1. The lowest BCUT2D eigenvalue weighted by Crippen LogP contribution is -2.41. The third-order valence-corrected chi connectivity index (χ3v) is 5.42. The van der Waals surface area contributed by atoms with Crippen molar-refractivity contribution in [2.75, 3.05) is 44.7 Å². The summed E-state index contributed by atoms with van der Waals surface area (Å²) in [5.41, 5.74) is 2.85. The Kier molecular flexibility index (Phi) is 6.44. The van der Waals surface area contributed by atoms with Crippen molar-refractivity contribution in [3.05, 3.63) is 51.7 Å². The largest absolute Gasteiger partial charge is 0.379 e. The average molecular weight is 359 g/mol. The molecule has 1 aromatic carbocycles. The zero-order chi connectivity index (χ0) is 17.5. The Morgan fingerprint density at radius 3 is 2.80 bits per heavy atom. The molecular formula is C19H25N3O2S. The van der Waals surface area contributed by atoms with Crippen molar-refractivity contribution in [2.45, 2.75) is 13.5 Å². The van der Waals surface area contributed by atoms with Gasteiger partial charge in [0.2, 0.25) is 0 Å². The van der Waals surface area contributed by atoms with Gasteiger partial charge < -0.3 is 15.4 Å². The van der Waals surface area contributed by atoms with E-state index in [4.69, 9.17) is 4.74 Å². The number of aryl methyl sites for hydroxylation is 1. The van der Waals surface area contributed by atoms with Crippen molar-refractivity contribution >= 4 is 22.9 Å². The van der Waals surface area contributed by atoms with Crippen molar-refractivity contribution in [1.82, 2.24) is 10.2 Å². The van der Waals surface area contributed by atoms with E-state index in [2.05, 4.69) is 33.9 Å². The van der Waals surface area contributed by atoms with E-state index < -0.39 is 0 Å². The Balaban J connectivity index is 1.53. The third-order valence-electron chi connectivity index (χ3n) is 4.40. The summed E-state index contributed by atoms with van der Waals surface area (Å²) in [6.45, 7) is 7.80. The van der Waals surface area contributed by atoms with E-state index in [0.717, 1.165) is 45.1 Å². The molecule has 6 heteroatoms. The van der Waals surface area contributed by atoms with Crippen LogP contribution < -0.4 is 10.6 Å². The number of nitrogens with one attached hydrogen (secondary N) is 2. The minimum absolute atomic E-state index is 0.0285. The highest BCUT2D eigenvalue weighted by Crippen LogP contribution is 2.20. The highest BCUT2D eigenvalue weighted by Gasteiger charge is 2.13. The molecule has 0 unspecified atom stereocenters. The van der Waals surface area contributed by atoms with Gasteiger partial charge in [0.05, 0.1) is 18.8 Å². The molecule has 1 saturated heterocycles. The van der Waals surface area contributed by atoms with E-state index in [1.807, 2.05) is 24.3 Å². The Bertz CT molecular complexity index is 695. The number of carbonyl (C=O) groups excluding carboxylic acids is 1. The fourth-order valence-electron chi connectivity index (χ4n) is 2.84. The normalized spacial score (nSPS) is 15.1. The van der Waals surface area contributed by atoms with Gasteiger partial charge >= 0.3 is 0 Å². The summed E-state index contributed by atoms with van der Waals surface area (Å²) in [5, 5.41) is 8.53. The molecule has 25 heavy (non-hydrogen) atoms. The lowest BCUT2D eigenvalue weighted by Gasteiger charge is -2.26. The summed E-state index contributed by atoms with van der Waals surface area (Å²) in [6, 6.07) is 9.80. The van der Waals surface area contributed by atoms with Crippen LogP contribution >= 0.6 is 11.3 Å². The van der Waals surface area contributed by atoms with Gasteiger partial charge in [0.1, 0.15) is 0 Å². The van der Waals surface area contributed by atoms with Crippen LogP contribution in [0.1, 0.15) is 20.8 Å². The van der Waals surface area contributed by atoms with Gasteiger partial charge in [-0.1, -0.05) is 12.1 Å². The summed E-state index contributed by atoms with van der Waals surface area (Å²) in [5.74, 6) is -0.0285. The van der Waals surface area contributed by atoms with Gasteiger partial charge in [0, 0.05) is 43.3 Å². The van der Waals surface area contributed by atoms with Crippen molar-refractivity contribution < 1.29 is 9.53 Å². The fourth-order valence-corrected chi connectivity index (χ4v) is 3.69. The van der Waals surface area contributed by atoms with Crippen LogP contribution in [0.2, 0.25) is 0 Å². The maximum Gasteiger partial charge on any atom is 0.253 e. The zero-order valence-electron chi connectivity index (χ0n) is 14.6. The molecular weight excluding hydrogens is 334 g/mol. The second-order valence-electron chi connectivity index (χ2n) is 6.14. The average Bonchev–Trinajstić information content (AvgIpc) is 3.06. The van der Waals surface area contributed by atoms with Crippen LogP contribution in [0.15, 0.2) is 35.7 Å². The second kappa shape index (κ2) is 8.99. The summed E-state index contributed by atoms with van der Waals surface area (Å²) in [4.78, 5) is 16.2. The second-order valence-corrected chi connectivity index (χ2v) is 7.14. The lowest BCUT2D eigenvalue weighted by molar-refractivity contribution is 0.0383. The molecule has 0 radical (unpaired) electrons. The Hall–Kier alpha value is -1.89. The molecule has 1 aliphatic rings. The van der Waals surface area contributed by atoms with Crippen LogP contribution in [-0.2, 0) is 11.3 Å². The van der Waals surface area contributed by atoms with E-state index >= 15 is 0 Å². The minimum Gasteiger partial charge on any atom is -0.379 e. The fraction of sp³-hybridized carbons (Fsp3) is 0.421. The summed E-state index contributed by atoms with van der Waals surface area (Å²) in [6.07, 6.45) is 0.